The summed E-state index contributed by atoms with van der Waals surface area (Å²) in [5, 5.41) is 34.4. The number of hydrogen-bond donors (Lipinski definition) is 5. The fraction of sp³-hybridized carbons (Fsp3) is 0.333. The molecule has 0 saturated heterocycles. The lowest BCUT2D eigenvalue weighted by molar-refractivity contribution is -0.733. The average Bonchev–Trinajstić information content (AvgIpc) is 2.77. The van der Waals surface area contributed by atoms with Crippen molar-refractivity contribution in [3.8, 4) is 0 Å². The molecule has 0 bridgehead atoms. The number of allylic oxidation sites excluding steroid dienone is 6. The Hall–Kier alpha value is -3.00. The van der Waals surface area contributed by atoms with Gasteiger partial charge in [0, 0.05) is 19.7 Å². The van der Waals surface area contributed by atoms with E-state index in [1.807, 2.05) is 36.3 Å². The molecule has 170 valence electrons. The summed E-state index contributed by atoms with van der Waals surface area (Å²) in [6, 6.07) is -0.608. The molecule has 0 aromatic heterocycles. The maximum atomic E-state index is 12.2. The molecule has 0 radical (unpaired) electrons. The first-order valence-electron chi connectivity index (χ1n) is 9.98. The van der Waals surface area contributed by atoms with E-state index in [4.69, 9.17) is 9.94 Å². The maximum Gasteiger partial charge on any atom is 0.219 e. The lowest BCUT2D eigenvalue weighted by atomic mass is 9.75. The molecular weight excluding hydrogens is 394 g/mol. The Balaban J connectivity index is 7.10. The summed E-state index contributed by atoms with van der Waals surface area (Å²) in [6.07, 6.45) is 16.0. The second-order valence-electron chi connectivity index (χ2n) is 6.49. The second-order valence-corrected chi connectivity index (χ2v) is 6.49. The maximum absolute atomic E-state index is 12.2. The van der Waals surface area contributed by atoms with Crippen LogP contribution in [0.15, 0.2) is 85.1 Å². The molecule has 2 unspecified atom stereocenters. The predicted octanol–water partition coefficient (Wildman–Crippen LogP) is 0.0489. The lowest BCUT2D eigenvalue weighted by Gasteiger charge is -2.44. The van der Waals surface area contributed by atoms with E-state index in [1.165, 1.54) is 24.6 Å². The van der Waals surface area contributed by atoms with Gasteiger partial charge >= 0.3 is 0 Å². The van der Waals surface area contributed by atoms with E-state index in [9.17, 15) is 10.3 Å². The molecule has 0 aliphatic heterocycles. The number of ether oxygens (including phenoxy) is 1. The van der Waals surface area contributed by atoms with Gasteiger partial charge in [-0.15, -0.1) is 0 Å². The third-order valence-corrected chi connectivity index (χ3v) is 4.74. The normalized spacial score (nSPS) is 16.5. The molecule has 0 spiro atoms. The van der Waals surface area contributed by atoms with Crippen molar-refractivity contribution in [2.24, 2.45) is 0 Å². The zero-order valence-corrected chi connectivity index (χ0v) is 18.8. The molecule has 2 atom stereocenters. The highest BCUT2D eigenvalue weighted by Gasteiger charge is 2.46. The van der Waals surface area contributed by atoms with Crippen molar-refractivity contribution in [2.45, 2.75) is 25.5 Å². The summed E-state index contributed by atoms with van der Waals surface area (Å²) in [6.45, 7) is 17.0. The van der Waals surface area contributed by atoms with Crippen LogP contribution in [0.5, 0.6) is 0 Å². The summed E-state index contributed by atoms with van der Waals surface area (Å²) in [4.78, 5) is 2.06. The standard InChI is InChI=1S/C24H35N3O4/c1-7-11-15-21(9-3)23(27(10-4)17-18-31-6)24(28,20(5)14-12-16-25-29)22(13-8-2)19-26-30/h7-9,11-16,19,23,28-30H,1-2,5,10,17-18H2,3-4,6H3/p+2/b14-12-,15-11-,21-9+,22-13+,25-16+,26-19+. The SMILES string of the molecule is C=C/C=C\C(=C/C)C(N(CC)CCOC)C(O)(C(=C)/C=C\C=[NH+]\O)C(/C=[NH+]/O)=C/C=C. The van der Waals surface area contributed by atoms with Crippen molar-refractivity contribution in [1.82, 2.24) is 4.90 Å². The minimum Gasteiger partial charge on any atom is -0.383 e. The summed E-state index contributed by atoms with van der Waals surface area (Å²) in [5.74, 6) is 0. The van der Waals surface area contributed by atoms with Gasteiger partial charge in [-0.3, -0.25) is 15.3 Å². The number of nitrogens with one attached hydrogen (secondary N) is 2. The van der Waals surface area contributed by atoms with Crippen LogP contribution in [0, 0.1) is 0 Å². The third-order valence-electron chi connectivity index (χ3n) is 4.74. The summed E-state index contributed by atoms with van der Waals surface area (Å²) in [7, 11) is 1.62. The van der Waals surface area contributed by atoms with Crippen LogP contribution in [0.2, 0.25) is 0 Å². The summed E-state index contributed by atoms with van der Waals surface area (Å²) >= 11 is 0. The molecule has 7 nitrogen and oxygen atoms in total. The molecule has 0 aliphatic rings. The first-order valence-corrected chi connectivity index (χ1v) is 9.98. The Morgan fingerprint density at radius 1 is 1.16 bits per heavy atom. The monoisotopic (exact) mass is 431 g/mol. The predicted molar refractivity (Wildman–Crippen MR) is 125 cm³/mol. The van der Waals surface area contributed by atoms with Gasteiger partial charge in [0.25, 0.3) is 0 Å². The van der Waals surface area contributed by atoms with E-state index >= 15 is 0 Å². The highest BCUT2D eigenvalue weighted by atomic mass is 16.5. The molecule has 31 heavy (non-hydrogen) atoms. The van der Waals surface area contributed by atoms with Crippen molar-refractivity contribution in [2.75, 3.05) is 26.8 Å². The zero-order valence-electron chi connectivity index (χ0n) is 18.8. The van der Waals surface area contributed by atoms with Crippen molar-refractivity contribution in [3.63, 3.8) is 0 Å². The molecule has 0 saturated carbocycles. The number of hydrogen-bond acceptors (Lipinski definition) is 5. The molecule has 0 aromatic carbocycles. The van der Waals surface area contributed by atoms with Gasteiger partial charge < -0.3 is 9.84 Å². The fourth-order valence-electron chi connectivity index (χ4n) is 3.25. The summed E-state index contributed by atoms with van der Waals surface area (Å²) in [5.41, 5.74) is -0.226. The number of aliphatic hydroxyl groups is 1. The topological polar surface area (TPSA) is 101 Å². The number of nitrogens with zero attached hydrogens (tertiary/aromatic N) is 1. The Morgan fingerprint density at radius 2 is 1.87 bits per heavy atom. The van der Waals surface area contributed by atoms with Gasteiger partial charge in [-0.1, -0.05) is 69.2 Å². The second kappa shape index (κ2) is 15.8. The van der Waals surface area contributed by atoms with Crippen molar-refractivity contribution < 1.29 is 30.6 Å². The molecule has 5 N–H and O–H groups in total. The van der Waals surface area contributed by atoms with Gasteiger partial charge in [-0.05, 0) is 34.9 Å². The molecule has 0 heterocycles. The zero-order chi connectivity index (χ0) is 23.7. The first-order chi connectivity index (χ1) is 14.9. The smallest absolute Gasteiger partial charge is 0.219 e. The number of rotatable bonds is 15. The van der Waals surface area contributed by atoms with Gasteiger partial charge in [0.15, 0.2) is 0 Å². The Morgan fingerprint density at radius 3 is 2.35 bits per heavy atom. The minimum absolute atomic E-state index is 0.325. The Kier molecular flexibility index (Phi) is 14.3. The molecule has 0 aliphatic carbocycles. The molecular formula is C24H37N3O4+2. The molecule has 0 rings (SSSR count). The lowest BCUT2D eigenvalue weighted by Crippen LogP contribution is -2.67. The number of methoxy groups -OCH3 is 1. The Bertz CT molecular complexity index is 763. The van der Waals surface area contributed by atoms with Crippen LogP contribution in [0.4, 0.5) is 0 Å². The van der Waals surface area contributed by atoms with Gasteiger partial charge in [-0.2, -0.15) is 0 Å². The third kappa shape index (κ3) is 7.97. The summed E-state index contributed by atoms with van der Waals surface area (Å²) < 4.78 is 5.28. The van der Waals surface area contributed by atoms with Crippen LogP contribution in [0.1, 0.15) is 13.8 Å². The number of likely N-dealkylation sites (N-methyl/N-ethyl adjacent to an activating group) is 1. The van der Waals surface area contributed by atoms with E-state index in [1.54, 1.807) is 31.4 Å². The van der Waals surface area contributed by atoms with E-state index in [0.29, 0.717) is 30.8 Å². The van der Waals surface area contributed by atoms with Crippen LogP contribution in [-0.4, -0.2) is 71.3 Å². The first kappa shape index (κ1) is 28.0. The van der Waals surface area contributed by atoms with Crippen LogP contribution in [-0.2, 0) is 4.74 Å². The van der Waals surface area contributed by atoms with Gasteiger partial charge in [0.05, 0.1) is 18.2 Å². The van der Waals surface area contributed by atoms with Crippen LogP contribution in [0.3, 0.4) is 0 Å². The quantitative estimate of drug-likeness (QED) is 0.109. The van der Waals surface area contributed by atoms with Crippen molar-refractivity contribution in [1.29, 1.82) is 0 Å². The van der Waals surface area contributed by atoms with Gasteiger partial charge in [-0.25, -0.2) is 0 Å². The molecule has 7 heteroatoms. The van der Waals surface area contributed by atoms with Crippen LogP contribution >= 0.6 is 0 Å². The van der Waals surface area contributed by atoms with Gasteiger partial charge in [0.2, 0.25) is 12.4 Å². The minimum atomic E-state index is -1.69. The van der Waals surface area contributed by atoms with Crippen LogP contribution < -0.4 is 10.3 Å². The molecule has 0 fully saturated rings. The largest absolute Gasteiger partial charge is 0.383 e. The Labute approximate surface area is 185 Å². The van der Waals surface area contributed by atoms with E-state index in [2.05, 4.69) is 24.6 Å². The van der Waals surface area contributed by atoms with Gasteiger partial charge in [0.1, 0.15) is 5.60 Å². The van der Waals surface area contributed by atoms with Crippen LogP contribution in [0.25, 0.3) is 0 Å². The molecule has 0 amide bonds. The van der Waals surface area contributed by atoms with Crippen molar-refractivity contribution in [3.05, 3.63) is 85.1 Å². The van der Waals surface area contributed by atoms with E-state index in [0.717, 1.165) is 5.57 Å². The highest BCUT2D eigenvalue weighted by molar-refractivity contribution is 5.80. The average molecular weight is 432 g/mol. The van der Waals surface area contributed by atoms with E-state index < -0.39 is 11.6 Å². The van der Waals surface area contributed by atoms with Crippen molar-refractivity contribution >= 4 is 12.4 Å². The fourth-order valence-corrected chi connectivity index (χ4v) is 3.25. The highest BCUT2D eigenvalue weighted by Crippen LogP contribution is 2.36. The van der Waals surface area contributed by atoms with E-state index in [-0.39, 0.29) is 0 Å². The molecule has 0 aromatic rings.